The highest BCUT2D eigenvalue weighted by molar-refractivity contribution is 6.30. The minimum Gasteiger partial charge on any atom is -0.493 e. The van der Waals surface area contributed by atoms with E-state index in [2.05, 4.69) is 10.2 Å². The summed E-state index contributed by atoms with van der Waals surface area (Å²) in [6.45, 7) is 0. The van der Waals surface area contributed by atoms with Crippen molar-refractivity contribution in [3.63, 3.8) is 0 Å². The number of rotatable bonds is 4. The van der Waals surface area contributed by atoms with E-state index in [9.17, 15) is 0 Å². The lowest BCUT2D eigenvalue weighted by atomic mass is 10.1. The van der Waals surface area contributed by atoms with Crippen LogP contribution in [-0.2, 0) is 0 Å². The first-order valence-electron chi connectivity index (χ1n) is 8.08. The minimum absolute atomic E-state index is 0.418. The Hall–Kier alpha value is -3.11. The van der Waals surface area contributed by atoms with Crippen LogP contribution in [-0.4, -0.2) is 17.3 Å². The van der Waals surface area contributed by atoms with Crippen LogP contribution in [0.3, 0.4) is 0 Å². The molecule has 0 fully saturated rings. The van der Waals surface area contributed by atoms with Gasteiger partial charge < -0.3 is 9.47 Å². The van der Waals surface area contributed by atoms with Gasteiger partial charge in [0.05, 0.1) is 7.11 Å². The van der Waals surface area contributed by atoms with Gasteiger partial charge in [-0.25, -0.2) is 0 Å². The molecule has 0 radical (unpaired) electrons. The smallest absolute Gasteiger partial charge is 0.246 e. The minimum atomic E-state index is 0.418. The molecule has 128 valence electrons. The van der Waals surface area contributed by atoms with E-state index < -0.39 is 0 Å². The summed E-state index contributed by atoms with van der Waals surface area (Å²) in [5.41, 5.74) is 1.82. The molecule has 4 nitrogen and oxygen atoms in total. The van der Waals surface area contributed by atoms with Crippen LogP contribution in [0.5, 0.6) is 17.4 Å². The van der Waals surface area contributed by atoms with Gasteiger partial charge in [-0.2, -0.15) is 0 Å². The average molecular weight is 363 g/mol. The largest absolute Gasteiger partial charge is 0.493 e. The molecule has 0 amide bonds. The molecule has 0 spiro atoms. The molecule has 0 bridgehead atoms. The zero-order valence-electron chi connectivity index (χ0n) is 14.0. The number of methoxy groups -OCH3 is 1. The molecule has 0 aliphatic carbocycles. The molecule has 0 atom stereocenters. The van der Waals surface area contributed by atoms with Crippen molar-refractivity contribution in [1.82, 2.24) is 10.2 Å². The zero-order valence-corrected chi connectivity index (χ0v) is 14.8. The predicted octanol–water partition coefficient (Wildman–Crippen LogP) is 5.75. The highest BCUT2D eigenvalue weighted by Gasteiger charge is 2.14. The third-order valence-electron chi connectivity index (χ3n) is 4.03. The molecule has 3 aromatic carbocycles. The second-order valence-corrected chi connectivity index (χ2v) is 6.10. The Morgan fingerprint density at radius 2 is 1.50 bits per heavy atom. The highest BCUT2D eigenvalue weighted by atomic mass is 35.5. The average Bonchev–Trinajstić information content (AvgIpc) is 2.70. The summed E-state index contributed by atoms with van der Waals surface area (Å²) in [6.07, 6.45) is 0. The van der Waals surface area contributed by atoms with Crippen LogP contribution >= 0.6 is 11.6 Å². The number of nitrogens with zero attached hydrogens (tertiary/aromatic N) is 2. The Morgan fingerprint density at radius 1 is 0.769 bits per heavy atom. The van der Waals surface area contributed by atoms with E-state index in [1.165, 1.54) is 0 Å². The number of fused-ring (bicyclic) bond motifs is 1. The first-order chi connectivity index (χ1) is 12.8. The number of halogens is 1. The van der Waals surface area contributed by atoms with Crippen molar-refractivity contribution >= 4 is 22.4 Å². The van der Waals surface area contributed by atoms with Crippen LogP contribution in [0.2, 0.25) is 5.02 Å². The maximum atomic E-state index is 6.02. The molecule has 1 heterocycles. The number of hydrogen-bond donors (Lipinski definition) is 0. The van der Waals surface area contributed by atoms with Gasteiger partial charge in [0.25, 0.3) is 0 Å². The molecule has 0 aliphatic heterocycles. The number of hydrogen-bond acceptors (Lipinski definition) is 4. The Kier molecular flexibility index (Phi) is 4.42. The van der Waals surface area contributed by atoms with E-state index in [1.807, 2.05) is 54.6 Å². The second kappa shape index (κ2) is 7.02. The lowest BCUT2D eigenvalue weighted by Gasteiger charge is -2.12. The van der Waals surface area contributed by atoms with Gasteiger partial charge in [0.2, 0.25) is 5.88 Å². The quantitative estimate of drug-likeness (QED) is 0.463. The number of ether oxygens (including phenoxy) is 2. The van der Waals surface area contributed by atoms with Gasteiger partial charge in [-0.05, 0) is 18.2 Å². The predicted molar refractivity (Wildman–Crippen MR) is 103 cm³/mol. The maximum absolute atomic E-state index is 6.02. The third kappa shape index (κ3) is 3.07. The van der Waals surface area contributed by atoms with Gasteiger partial charge in [-0.3, -0.25) is 0 Å². The van der Waals surface area contributed by atoms with Crippen molar-refractivity contribution in [2.24, 2.45) is 0 Å². The molecule has 0 unspecified atom stereocenters. The molecular weight excluding hydrogens is 348 g/mol. The zero-order chi connectivity index (χ0) is 17.9. The molecule has 26 heavy (non-hydrogen) atoms. The van der Waals surface area contributed by atoms with Crippen molar-refractivity contribution in [1.29, 1.82) is 0 Å². The fourth-order valence-corrected chi connectivity index (χ4v) is 2.96. The van der Waals surface area contributed by atoms with Crippen LogP contribution in [0, 0.1) is 0 Å². The number of aromatic nitrogens is 2. The Morgan fingerprint density at radius 3 is 2.27 bits per heavy atom. The van der Waals surface area contributed by atoms with Gasteiger partial charge in [0.1, 0.15) is 5.69 Å². The van der Waals surface area contributed by atoms with Crippen LogP contribution < -0.4 is 9.47 Å². The van der Waals surface area contributed by atoms with E-state index in [-0.39, 0.29) is 0 Å². The fourth-order valence-electron chi connectivity index (χ4n) is 2.79. The standard InChI is InChI=1S/C21H15ClN2O2/c1-25-19-13-15(22)11-12-18(19)26-21-17-10-6-5-9-16(17)20(23-24-21)14-7-3-2-4-8-14/h2-13H,1H3. The molecule has 0 saturated heterocycles. The van der Waals surface area contributed by atoms with Gasteiger partial charge in [0, 0.05) is 27.4 Å². The summed E-state index contributed by atoms with van der Waals surface area (Å²) in [5, 5.41) is 11.1. The van der Waals surface area contributed by atoms with E-state index in [4.69, 9.17) is 21.1 Å². The number of benzene rings is 3. The first kappa shape index (κ1) is 16.4. The molecule has 0 N–H and O–H groups in total. The lowest BCUT2D eigenvalue weighted by molar-refractivity contribution is 0.374. The van der Waals surface area contributed by atoms with Crippen LogP contribution in [0.15, 0.2) is 72.8 Å². The SMILES string of the molecule is COc1cc(Cl)ccc1Oc1nnc(-c2ccccc2)c2ccccc12. The van der Waals surface area contributed by atoms with Crippen molar-refractivity contribution in [3.8, 4) is 28.6 Å². The topological polar surface area (TPSA) is 44.2 Å². The summed E-state index contributed by atoms with van der Waals surface area (Å²) < 4.78 is 11.3. The molecule has 0 aliphatic rings. The fraction of sp³-hybridized carbons (Fsp3) is 0.0476. The Balaban J connectivity index is 1.83. The maximum Gasteiger partial charge on any atom is 0.246 e. The lowest BCUT2D eigenvalue weighted by Crippen LogP contribution is -1.97. The summed E-state index contributed by atoms with van der Waals surface area (Å²) in [6, 6.07) is 23.1. The van der Waals surface area contributed by atoms with E-state index in [0.29, 0.717) is 22.4 Å². The Bertz CT molecular complexity index is 1070. The summed E-state index contributed by atoms with van der Waals surface area (Å²) in [7, 11) is 1.57. The van der Waals surface area contributed by atoms with Gasteiger partial charge in [-0.1, -0.05) is 60.1 Å². The monoisotopic (exact) mass is 362 g/mol. The van der Waals surface area contributed by atoms with Crippen molar-refractivity contribution in [2.45, 2.75) is 0 Å². The molecule has 4 rings (SSSR count). The van der Waals surface area contributed by atoms with Crippen LogP contribution in [0.4, 0.5) is 0 Å². The summed E-state index contributed by atoms with van der Waals surface area (Å²) in [4.78, 5) is 0. The molecular formula is C21H15ClN2O2. The van der Waals surface area contributed by atoms with Crippen molar-refractivity contribution in [3.05, 3.63) is 77.8 Å². The van der Waals surface area contributed by atoms with E-state index >= 15 is 0 Å². The third-order valence-corrected chi connectivity index (χ3v) is 4.27. The van der Waals surface area contributed by atoms with Gasteiger partial charge >= 0.3 is 0 Å². The van der Waals surface area contributed by atoms with Gasteiger partial charge in [0.15, 0.2) is 11.5 Å². The van der Waals surface area contributed by atoms with Crippen molar-refractivity contribution in [2.75, 3.05) is 7.11 Å². The van der Waals surface area contributed by atoms with Crippen LogP contribution in [0.1, 0.15) is 0 Å². The van der Waals surface area contributed by atoms with E-state index in [0.717, 1.165) is 22.0 Å². The second-order valence-electron chi connectivity index (χ2n) is 5.66. The molecule has 1 aromatic heterocycles. The summed E-state index contributed by atoms with van der Waals surface area (Å²) >= 11 is 6.02. The van der Waals surface area contributed by atoms with Crippen molar-refractivity contribution < 1.29 is 9.47 Å². The molecule has 0 saturated carbocycles. The van der Waals surface area contributed by atoms with Crippen LogP contribution in [0.25, 0.3) is 22.0 Å². The molecule has 5 heteroatoms. The normalized spacial score (nSPS) is 10.7. The molecule has 4 aromatic rings. The summed E-state index contributed by atoms with van der Waals surface area (Å²) in [5.74, 6) is 1.49. The van der Waals surface area contributed by atoms with Gasteiger partial charge in [-0.15, -0.1) is 10.2 Å². The first-order valence-corrected chi connectivity index (χ1v) is 8.46. The highest BCUT2D eigenvalue weighted by Crippen LogP contribution is 2.37. The Labute approximate surface area is 156 Å². The van der Waals surface area contributed by atoms with E-state index in [1.54, 1.807) is 25.3 Å².